The molecule has 3 unspecified atom stereocenters. The highest BCUT2D eigenvalue weighted by Crippen LogP contribution is 2.24. The summed E-state index contributed by atoms with van der Waals surface area (Å²) in [6, 6.07) is 3.09. The van der Waals surface area contributed by atoms with Crippen LogP contribution in [-0.4, -0.2) is 40.9 Å². The van der Waals surface area contributed by atoms with Crippen molar-refractivity contribution >= 4 is 0 Å². The third kappa shape index (κ3) is 3.49. The van der Waals surface area contributed by atoms with Crippen LogP contribution in [0.2, 0.25) is 0 Å². The highest BCUT2D eigenvalue weighted by molar-refractivity contribution is 5.21. The zero-order valence-electron chi connectivity index (χ0n) is 10.9. The first-order valence-electron chi connectivity index (χ1n) is 6.51. The van der Waals surface area contributed by atoms with E-state index in [0.717, 1.165) is 31.2 Å². The van der Waals surface area contributed by atoms with Crippen LogP contribution in [-0.2, 0) is 0 Å². The fraction of sp³-hybridized carbons (Fsp3) is 0.571. The third-order valence-electron chi connectivity index (χ3n) is 3.74. The van der Waals surface area contributed by atoms with Gasteiger partial charge in [0.25, 0.3) is 0 Å². The Bertz CT molecular complexity index is 439. The molecule has 1 heterocycles. The van der Waals surface area contributed by atoms with E-state index in [-0.39, 0.29) is 24.1 Å². The Labute approximate surface area is 111 Å². The van der Waals surface area contributed by atoms with Gasteiger partial charge in [-0.25, -0.2) is 8.78 Å². The first-order chi connectivity index (χ1) is 8.97. The average molecular weight is 271 g/mol. The molecule has 2 rings (SSSR count). The van der Waals surface area contributed by atoms with Crippen LogP contribution in [0.5, 0.6) is 0 Å². The van der Waals surface area contributed by atoms with Crippen LogP contribution in [0.1, 0.15) is 25.0 Å². The van der Waals surface area contributed by atoms with Crippen LogP contribution in [0.15, 0.2) is 18.2 Å². The van der Waals surface area contributed by atoms with E-state index in [4.69, 9.17) is 0 Å². The Morgan fingerprint density at radius 3 is 2.74 bits per heavy atom. The van der Waals surface area contributed by atoms with E-state index in [2.05, 4.69) is 0 Å². The van der Waals surface area contributed by atoms with Crippen molar-refractivity contribution in [2.24, 2.45) is 5.92 Å². The molecule has 0 radical (unpaired) electrons. The monoisotopic (exact) mass is 271 g/mol. The molecule has 1 aliphatic rings. The van der Waals surface area contributed by atoms with Gasteiger partial charge in [-0.3, -0.25) is 0 Å². The van der Waals surface area contributed by atoms with E-state index in [1.165, 1.54) is 0 Å². The van der Waals surface area contributed by atoms with Gasteiger partial charge >= 0.3 is 0 Å². The number of hydrogen-bond donors (Lipinski definition) is 2. The Hall–Kier alpha value is -1.04. The molecule has 1 aromatic carbocycles. The van der Waals surface area contributed by atoms with Gasteiger partial charge in [-0.2, -0.15) is 0 Å². The maximum atomic E-state index is 13.5. The van der Waals surface area contributed by atoms with Crippen molar-refractivity contribution in [3.8, 4) is 0 Å². The molecule has 0 aliphatic carbocycles. The van der Waals surface area contributed by atoms with Crippen molar-refractivity contribution in [1.29, 1.82) is 0 Å². The van der Waals surface area contributed by atoms with Crippen LogP contribution in [0.25, 0.3) is 0 Å². The smallest absolute Gasteiger partial charge is 0.129 e. The van der Waals surface area contributed by atoms with Crippen molar-refractivity contribution < 1.29 is 19.0 Å². The Kier molecular flexibility index (Phi) is 4.50. The molecule has 3 nitrogen and oxygen atoms in total. The standard InChI is InChI=1S/C14H19F2NO2/c1-9(18)10-4-5-17(7-10)8-14(19)12-6-11(15)2-3-13(12)16/h2-3,6,9-10,14,18-19H,4-5,7-8H2,1H3. The topological polar surface area (TPSA) is 43.7 Å². The van der Waals surface area contributed by atoms with Crippen molar-refractivity contribution in [2.75, 3.05) is 19.6 Å². The lowest BCUT2D eigenvalue weighted by Crippen LogP contribution is -2.28. The first-order valence-corrected chi connectivity index (χ1v) is 6.51. The lowest BCUT2D eigenvalue weighted by atomic mass is 10.0. The normalized spacial score (nSPS) is 23.5. The summed E-state index contributed by atoms with van der Waals surface area (Å²) < 4.78 is 26.6. The van der Waals surface area contributed by atoms with E-state index < -0.39 is 17.7 Å². The van der Waals surface area contributed by atoms with Gasteiger partial charge in [0, 0.05) is 18.7 Å². The first kappa shape index (κ1) is 14.4. The molecule has 3 atom stereocenters. The van der Waals surface area contributed by atoms with Crippen LogP contribution < -0.4 is 0 Å². The summed E-state index contributed by atoms with van der Waals surface area (Å²) in [4.78, 5) is 1.96. The predicted octanol–water partition coefficient (Wildman–Crippen LogP) is 1.70. The quantitative estimate of drug-likeness (QED) is 0.876. The number of aliphatic hydroxyl groups excluding tert-OH is 2. The summed E-state index contributed by atoms with van der Waals surface area (Å²) in [5, 5.41) is 19.5. The number of hydrogen-bond acceptors (Lipinski definition) is 3. The molecule has 0 bridgehead atoms. The van der Waals surface area contributed by atoms with Gasteiger partial charge in [-0.05, 0) is 44.0 Å². The molecule has 0 aromatic heterocycles. The minimum Gasteiger partial charge on any atom is -0.393 e. The highest BCUT2D eigenvalue weighted by atomic mass is 19.1. The second kappa shape index (κ2) is 5.94. The van der Waals surface area contributed by atoms with E-state index in [0.29, 0.717) is 6.54 Å². The molecule has 19 heavy (non-hydrogen) atoms. The summed E-state index contributed by atoms with van der Waals surface area (Å²) in [5.41, 5.74) is -0.0134. The molecule has 5 heteroatoms. The maximum absolute atomic E-state index is 13.5. The van der Waals surface area contributed by atoms with Gasteiger partial charge in [0.05, 0.1) is 12.2 Å². The van der Waals surface area contributed by atoms with Crippen molar-refractivity contribution in [3.63, 3.8) is 0 Å². The maximum Gasteiger partial charge on any atom is 0.129 e. The van der Waals surface area contributed by atoms with Gasteiger partial charge < -0.3 is 15.1 Å². The predicted molar refractivity (Wildman–Crippen MR) is 67.5 cm³/mol. The lowest BCUT2D eigenvalue weighted by molar-refractivity contribution is 0.103. The van der Waals surface area contributed by atoms with Gasteiger partial charge in [0.1, 0.15) is 11.6 Å². The number of rotatable bonds is 4. The fourth-order valence-corrected chi connectivity index (χ4v) is 2.54. The zero-order chi connectivity index (χ0) is 14.0. The number of halogens is 2. The summed E-state index contributed by atoms with van der Waals surface area (Å²) in [6.07, 6.45) is -0.577. The van der Waals surface area contributed by atoms with E-state index in [1.807, 2.05) is 4.90 Å². The number of benzene rings is 1. The molecule has 2 N–H and O–H groups in total. The Balaban J connectivity index is 1.98. The van der Waals surface area contributed by atoms with Gasteiger partial charge in [0.15, 0.2) is 0 Å². The third-order valence-corrected chi connectivity index (χ3v) is 3.74. The summed E-state index contributed by atoms with van der Waals surface area (Å²) in [6.45, 7) is 3.43. The molecular formula is C14H19F2NO2. The Morgan fingerprint density at radius 1 is 1.37 bits per heavy atom. The molecule has 106 valence electrons. The largest absolute Gasteiger partial charge is 0.393 e. The Morgan fingerprint density at radius 2 is 2.11 bits per heavy atom. The number of β-amino-alcohol motifs (C(OH)–C–C–N with tert-alkyl or cyclic N) is 1. The summed E-state index contributed by atoms with van der Waals surface area (Å²) in [5.74, 6) is -0.969. The fourth-order valence-electron chi connectivity index (χ4n) is 2.54. The molecule has 1 saturated heterocycles. The molecule has 0 saturated carbocycles. The van der Waals surface area contributed by atoms with Crippen molar-refractivity contribution in [1.82, 2.24) is 4.90 Å². The molecule has 0 spiro atoms. The average Bonchev–Trinajstić information content (AvgIpc) is 2.80. The van der Waals surface area contributed by atoms with Crippen LogP contribution in [0.4, 0.5) is 8.78 Å². The molecule has 1 aliphatic heterocycles. The highest BCUT2D eigenvalue weighted by Gasteiger charge is 2.28. The van der Waals surface area contributed by atoms with Gasteiger partial charge in [0.2, 0.25) is 0 Å². The van der Waals surface area contributed by atoms with Gasteiger partial charge in [-0.15, -0.1) is 0 Å². The molecule has 1 aromatic rings. The second-order valence-corrected chi connectivity index (χ2v) is 5.23. The summed E-state index contributed by atoms with van der Waals surface area (Å²) >= 11 is 0. The van der Waals surface area contributed by atoms with E-state index in [9.17, 15) is 19.0 Å². The number of likely N-dealkylation sites (tertiary alicyclic amines) is 1. The minimum absolute atomic E-state index is 0.0134. The lowest BCUT2D eigenvalue weighted by Gasteiger charge is -2.21. The zero-order valence-corrected chi connectivity index (χ0v) is 10.9. The minimum atomic E-state index is -1.05. The van der Waals surface area contributed by atoms with Crippen molar-refractivity contribution in [2.45, 2.75) is 25.6 Å². The number of aliphatic hydroxyl groups is 2. The van der Waals surface area contributed by atoms with Crippen LogP contribution in [0.3, 0.4) is 0 Å². The SMILES string of the molecule is CC(O)C1CCN(CC(O)c2cc(F)ccc2F)C1. The number of nitrogens with zero attached hydrogens (tertiary/aromatic N) is 1. The summed E-state index contributed by atoms with van der Waals surface area (Å²) in [7, 11) is 0. The van der Waals surface area contributed by atoms with E-state index in [1.54, 1.807) is 6.92 Å². The molecular weight excluding hydrogens is 252 g/mol. The molecule has 0 amide bonds. The van der Waals surface area contributed by atoms with Gasteiger partial charge in [-0.1, -0.05) is 0 Å². The van der Waals surface area contributed by atoms with Crippen LogP contribution >= 0.6 is 0 Å². The van der Waals surface area contributed by atoms with E-state index >= 15 is 0 Å². The second-order valence-electron chi connectivity index (χ2n) is 5.23. The van der Waals surface area contributed by atoms with Crippen LogP contribution in [0, 0.1) is 17.6 Å². The molecule has 1 fully saturated rings. The van der Waals surface area contributed by atoms with Crippen molar-refractivity contribution in [3.05, 3.63) is 35.4 Å².